The number of cyclic esters (lactones) is 2. The quantitative estimate of drug-likeness (QED) is 0.208. The van der Waals surface area contributed by atoms with Gasteiger partial charge in [-0.05, 0) is 46.6 Å². The minimum absolute atomic E-state index is 0.0852. The number of ether oxygens (including phenoxy) is 3. The van der Waals surface area contributed by atoms with Crippen LogP contribution in [0.5, 0.6) is 0 Å². The van der Waals surface area contributed by atoms with Crippen molar-refractivity contribution in [3.63, 3.8) is 0 Å². The van der Waals surface area contributed by atoms with E-state index in [9.17, 15) is 29.1 Å². The first-order valence-corrected chi connectivity index (χ1v) is 12.2. The van der Waals surface area contributed by atoms with Crippen molar-refractivity contribution in [2.24, 2.45) is 22.7 Å². The average Bonchev–Trinajstić information content (AvgIpc) is 3.44. The maximum Gasteiger partial charge on any atom is 0.346 e. The second-order valence-electron chi connectivity index (χ2n) is 11.2. The summed E-state index contributed by atoms with van der Waals surface area (Å²) < 4.78 is 21.5. The minimum Gasteiger partial charge on any atom is -0.472 e. The van der Waals surface area contributed by atoms with Crippen molar-refractivity contribution in [3.05, 3.63) is 36.3 Å². The zero-order valence-electron chi connectivity index (χ0n) is 21.8. The molecule has 1 spiro atoms. The Labute approximate surface area is 214 Å². The van der Waals surface area contributed by atoms with Gasteiger partial charge in [-0.2, -0.15) is 0 Å². The molecule has 6 atom stereocenters. The van der Waals surface area contributed by atoms with Crippen LogP contribution in [0.25, 0.3) is 0 Å². The van der Waals surface area contributed by atoms with Crippen molar-refractivity contribution in [3.8, 4) is 0 Å². The second kappa shape index (κ2) is 8.37. The highest BCUT2D eigenvalue weighted by atomic mass is 16.6. The Balaban J connectivity index is 1.89. The Morgan fingerprint density at radius 1 is 1.11 bits per heavy atom. The van der Waals surface area contributed by atoms with E-state index in [4.69, 9.17) is 18.6 Å². The van der Waals surface area contributed by atoms with E-state index < -0.39 is 68.9 Å². The first kappa shape index (κ1) is 26.8. The highest BCUT2D eigenvalue weighted by Crippen LogP contribution is 2.62. The van der Waals surface area contributed by atoms with Gasteiger partial charge in [0.1, 0.15) is 17.5 Å². The van der Waals surface area contributed by atoms with Crippen LogP contribution in [0.3, 0.4) is 0 Å². The molecule has 200 valence electrons. The van der Waals surface area contributed by atoms with Crippen LogP contribution in [0.4, 0.5) is 0 Å². The molecule has 1 saturated carbocycles. The molecule has 37 heavy (non-hydrogen) atoms. The van der Waals surface area contributed by atoms with E-state index in [2.05, 4.69) is 0 Å². The number of carbonyl (C=O) groups is 5. The summed E-state index contributed by atoms with van der Waals surface area (Å²) in [5.74, 6) is -5.76. The lowest BCUT2D eigenvalue weighted by Gasteiger charge is -2.53. The van der Waals surface area contributed by atoms with Gasteiger partial charge in [0.2, 0.25) is 5.60 Å². The maximum atomic E-state index is 14.1. The van der Waals surface area contributed by atoms with Crippen LogP contribution in [0.2, 0.25) is 0 Å². The predicted molar refractivity (Wildman–Crippen MR) is 126 cm³/mol. The summed E-state index contributed by atoms with van der Waals surface area (Å²) in [7, 11) is 1.03. The topological polar surface area (TPSA) is 146 Å². The van der Waals surface area contributed by atoms with Crippen LogP contribution in [-0.4, -0.2) is 58.5 Å². The van der Waals surface area contributed by atoms with Crippen LogP contribution in [0.15, 0.2) is 35.2 Å². The number of furan rings is 1. The zero-order chi connectivity index (χ0) is 27.6. The van der Waals surface area contributed by atoms with E-state index >= 15 is 0 Å². The fourth-order valence-electron chi connectivity index (χ4n) is 6.87. The van der Waals surface area contributed by atoms with E-state index in [1.165, 1.54) is 38.5 Å². The number of rotatable bonds is 4. The molecule has 2 aliphatic heterocycles. The van der Waals surface area contributed by atoms with Gasteiger partial charge >= 0.3 is 17.9 Å². The van der Waals surface area contributed by atoms with Crippen molar-refractivity contribution in [1.82, 2.24) is 0 Å². The Morgan fingerprint density at radius 2 is 1.78 bits per heavy atom. The first-order chi connectivity index (χ1) is 17.1. The van der Waals surface area contributed by atoms with Gasteiger partial charge in [0.25, 0.3) is 0 Å². The lowest BCUT2D eigenvalue weighted by molar-refractivity contribution is -0.196. The molecule has 3 aliphatic rings. The summed E-state index contributed by atoms with van der Waals surface area (Å²) in [4.78, 5) is 65.7. The van der Waals surface area contributed by atoms with Gasteiger partial charge in [-0.3, -0.25) is 14.4 Å². The van der Waals surface area contributed by atoms with Crippen molar-refractivity contribution in [2.45, 2.75) is 70.7 Å². The Kier molecular flexibility index (Phi) is 6.06. The minimum atomic E-state index is -2.82. The van der Waals surface area contributed by atoms with E-state index in [1.807, 2.05) is 0 Å². The van der Waals surface area contributed by atoms with Gasteiger partial charge in [0, 0.05) is 17.9 Å². The van der Waals surface area contributed by atoms with Gasteiger partial charge < -0.3 is 23.7 Å². The maximum absolute atomic E-state index is 14.1. The summed E-state index contributed by atoms with van der Waals surface area (Å²) in [5.41, 5.74) is -8.38. The fraction of sp³-hybridized carbons (Fsp3) is 0.593. The molecule has 2 fully saturated rings. The van der Waals surface area contributed by atoms with E-state index in [0.717, 1.165) is 7.11 Å². The van der Waals surface area contributed by atoms with E-state index in [-0.39, 0.29) is 24.8 Å². The van der Waals surface area contributed by atoms with Crippen molar-refractivity contribution < 1.29 is 47.7 Å². The summed E-state index contributed by atoms with van der Waals surface area (Å²) >= 11 is 0. The van der Waals surface area contributed by atoms with E-state index in [1.54, 1.807) is 26.8 Å². The zero-order valence-corrected chi connectivity index (χ0v) is 21.8. The van der Waals surface area contributed by atoms with Crippen LogP contribution in [-0.2, 0) is 33.4 Å². The standard InChI is InChI=1S/C27H32O10/c1-15-17(25(5)26(13-19(29)37-25)11-8-18(28)36-23(26,2)3)7-10-24(4,21(31)16-9-12-35-14-16)27(33,20(15)30)22(32)34-6/h8-9,11-12,14-15,17,33H,7,10,13H2,1-6H3/t15-,17-,24-,25-,26-,27-/m0/s1. The highest BCUT2D eigenvalue weighted by Gasteiger charge is 2.73. The Bertz CT molecular complexity index is 1200. The fourth-order valence-corrected chi connectivity index (χ4v) is 6.87. The number of methoxy groups -OCH3 is 1. The molecule has 0 amide bonds. The molecule has 4 rings (SSSR count). The molecular weight excluding hydrogens is 484 g/mol. The molecule has 1 N–H and O–H groups in total. The molecule has 3 heterocycles. The molecular formula is C27H32O10. The summed E-state index contributed by atoms with van der Waals surface area (Å²) in [6.45, 7) is 7.92. The van der Waals surface area contributed by atoms with Crippen molar-refractivity contribution >= 4 is 29.5 Å². The molecule has 1 saturated heterocycles. The molecule has 0 aromatic carbocycles. The third-order valence-electron chi connectivity index (χ3n) is 9.17. The number of esters is 3. The number of ketones is 2. The normalized spacial score (nSPS) is 39.2. The Hall–Kier alpha value is -3.27. The number of carbonyl (C=O) groups excluding carboxylic acids is 5. The molecule has 1 aliphatic carbocycles. The lowest BCUT2D eigenvalue weighted by atomic mass is 9.55. The molecule has 0 bridgehead atoms. The number of aliphatic hydroxyl groups is 1. The van der Waals surface area contributed by atoms with Gasteiger partial charge in [-0.15, -0.1) is 0 Å². The van der Waals surface area contributed by atoms with Crippen LogP contribution < -0.4 is 0 Å². The number of Topliss-reactive ketones (excluding diaryl/α,β-unsaturated/α-hetero) is 2. The van der Waals surface area contributed by atoms with Crippen molar-refractivity contribution in [1.29, 1.82) is 0 Å². The molecule has 10 nitrogen and oxygen atoms in total. The van der Waals surface area contributed by atoms with Crippen LogP contribution in [0.1, 0.15) is 64.2 Å². The predicted octanol–water partition coefficient (Wildman–Crippen LogP) is 2.57. The van der Waals surface area contributed by atoms with E-state index in [0.29, 0.717) is 0 Å². The van der Waals surface area contributed by atoms with Gasteiger partial charge in [0.15, 0.2) is 11.6 Å². The molecule has 0 radical (unpaired) electrons. The highest BCUT2D eigenvalue weighted by molar-refractivity contribution is 6.16. The Morgan fingerprint density at radius 3 is 2.35 bits per heavy atom. The smallest absolute Gasteiger partial charge is 0.346 e. The van der Waals surface area contributed by atoms with Gasteiger partial charge in [-0.25, -0.2) is 9.59 Å². The van der Waals surface area contributed by atoms with Crippen LogP contribution in [0, 0.1) is 22.7 Å². The first-order valence-electron chi connectivity index (χ1n) is 12.2. The summed E-state index contributed by atoms with van der Waals surface area (Å²) in [6.07, 6.45) is 5.20. The molecule has 0 unspecified atom stereocenters. The third-order valence-corrected chi connectivity index (χ3v) is 9.17. The largest absolute Gasteiger partial charge is 0.472 e. The molecule has 1 aromatic heterocycles. The van der Waals surface area contributed by atoms with Crippen molar-refractivity contribution in [2.75, 3.05) is 7.11 Å². The second-order valence-corrected chi connectivity index (χ2v) is 11.2. The lowest BCUT2D eigenvalue weighted by Crippen LogP contribution is -2.64. The third kappa shape index (κ3) is 3.37. The summed E-state index contributed by atoms with van der Waals surface area (Å²) in [6, 6.07) is 1.39. The number of hydrogen-bond acceptors (Lipinski definition) is 10. The van der Waals surface area contributed by atoms with Gasteiger partial charge in [-0.1, -0.05) is 13.0 Å². The van der Waals surface area contributed by atoms with Gasteiger partial charge in [0.05, 0.1) is 36.2 Å². The molecule has 1 aromatic rings. The average molecular weight is 517 g/mol. The SMILES string of the molecule is COC(=O)[C@@]1(O)C(=O)[C@@H](C)[C@@H]([C@]2(C)OC(=O)C[C@]23C=CC(=O)OC3(C)C)CC[C@@]1(C)C(=O)c1ccoc1. The molecule has 10 heteroatoms. The monoisotopic (exact) mass is 516 g/mol. The summed E-state index contributed by atoms with van der Waals surface area (Å²) in [5, 5.41) is 11.8. The van der Waals surface area contributed by atoms with Crippen LogP contribution >= 0.6 is 0 Å². The number of hydrogen-bond donors (Lipinski definition) is 1.